The molecule has 0 aliphatic carbocycles. The molecule has 1 spiro atoms. The van der Waals surface area contributed by atoms with Crippen molar-refractivity contribution < 1.29 is 4.74 Å². The Kier molecular flexibility index (Phi) is 3.86. The minimum absolute atomic E-state index is 0.355. The summed E-state index contributed by atoms with van der Waals surface area (Å²) in [5.41, 5.74) is 4.46. The first-order valence-electron chi connectivity index (χ1n) is 8.72. The first-order valence-corrected chi connectivity index (χ1v) is 8.72. The summed E-state index contributed by atoms with van der Waals surface area (Å²) in [5.74, 6) is 1.14. The number of para-hydroxylation sites is 1. The number of benzene rings is 2. The second-order valence-electron chi connectivity index (χ2n) is 7.29. The van der Waals surface area contributed by atoms with Crippen molar-refractivity contribution in [2.45, 2.75) is 32.7 Å². The second kappa shape index (κ2) is 6.01. The van der Waals surface area contributed by atoms with Crippen LogP contribution in [0, 0.1) is 12.3 Å². The number of hydrogen-bond acceptors (Lipinski definition) is 2. The number of piperidine rings is 1. The number of aryl methyl sites for hydroxylation is 1. The van der Waals surface area contributed by atoms with E-state index in [0.717, 1.165) is 18.9 Å². The molecule has 0 amide bonds. The highest BCUT2D eigenvalue weighted by Gasteiger charge is 2.39. The molecule has 4 rings (SSSR count). The van der Waals surface area contributed by atoms with Gasteiger partial charge in [-0.05, 0) is 56.0 Å². The minimum Gasteiger partial charge on any atom is -0.492 e. The fraction of sp³-hybridized carbons (Fsp3) is 0.429. The van der Waals surface area contributed by atoms with Crippen LogP contribution in [0.3, 0.4) is 0 Å². The zero-order valence-electron chi connectivity index (χ0n) is 13.9. The van der Waals surface area contributed by atoms with Gasteiger partial charge in [0.1, 0.15) is 5.75 Å². The van der Waals surface area contributed by atoms with Crippen LogP contribution in [0.1, 0.15) is 29.5 Å². The molecule has 120 valence electrons. The van der Waals surface area contributed by atoms with Crippen LogP contribution < -0.4 is 4.74 Å². The molecule has 0 aromatic heterocycles. The lowest BCUT2D eigenvalue weighted by Gasteiger charge is -2.44. The summed E-state index contributed by atoms with van der Waals surface area (Å²) in [6, 6.07) is 17.4. The van der Waals surface area contributed by atoms with E-state index in [1.807, 2.05) is 0 Å². The van der Waals surface area contributed by atoms with Gasteiger partial charge in [0.2, 0.25) is 0 Å². The van der Waals surface area contributed by atoms with E-state index < -0.39 is 0 Å². The Hall–Kier alpha value is -1.80. The maximum Gasteiger partial charge on any atom is 0.125 e. The number of hydrogen-bond donors (Lipinski definition) is 0. The van der Waals surface area contributed by atoms with E-state index in [1.165, 1.54) is 49.0 Å². The SMILES string of the molecule is Cc1cccc2c1OCC1(CCN(Cc3ccccc3)CC1)C2. The zero-order chi connectivity index (χ0) is 15.7. The maximum atomic E-state index is 6.18. The topological polar surface area (TPSA) is 12.5 Å². The van der Waals surface area contributed by atoms with E-state index in [1.54, 1.807) is 0 Å². The van der Waals surface area contributed by atoms with Crippen LogP contribution in [0.2, 0.25) is 0 Å². The van der Waals surface area contributed by atoms with Crippen molar-refractivity contribution in [1.82, 2.24) is 4.90 Å². The number of rotatable bonds is 2. The van der Waals surface area contributed by atoms with E-state index in [9.17, 15) is 0 Å². The molecule has 2 nitrogen and oxygen atoms in total. The van der Waals surface area contributed by atoms with Gasteiger partial charge in [0.05, 0.1) is 6.61 Å². The molecule has 2 heteroatoms. The largest absolute Gasteiger partial charge is 0.492 e. The summed E-state index contributed by atoms with van der Waals surface area (Å²) in [6.45, 7) is 6.48. The lowest BCUT2D eigenvalue weighted by molar-refractivity contribution is 0.0380. The lowest BCUT2D eigenvalue weighted by atomic mass is 9.73. The van der Waals surface area contributed by atoms with Crippen LogP contribution >= 0.6 is 0 Å². The van der Waals surface area contributed by atoms with Gasteiger partial charge in [0.25, 0.3) is 0 Å². The van der Waals surface area contributed by atoms with Crippen molar-refractivity contribution in [3.05, 3.63) is 65.2 Å². The molecule has 0 bridgehead atoms. The molecule has 2 heterocycles. The summed E-state index contributed by atoms with van der Waals surface area (Å²) in [5, 5.41) is 0. The second-order valence-corrected chi connectivity index (χ2v) is 7.29. The Morgan fingerprint density at radius 2 is 1.78 bits per heavy atom. The van der Waals surface area contributed by atoms with Crippen LogP contribution in [0.5, 0.6) is 5.75 Å². The number of likely N-dealkylation sites (tertiary alicyclic amines) is 1. The first-order chi connectivity index (χ1) is 11.2. The average molecular weight is 307 g/mol. The Morgan fingerprint density at radius 1 is 1.00 bits per heavy atom. The van der Waals surface area contributed by atoms with Gasteiger partial charge in [-0.3, -0.25) is 4.90 Å². The van der Waals surface area contributed by atoms with Crippen molar-refractivity contribution >= 4 is 0 Å². The molecule has 0 atom stereocenters. The molecule has 2 aromatic carbocycles. The van der Waals surface area contributed by atoms with Gasteiger partial charge in [0.15, 0.2) is 0 Å². The highest BCUT2D eigenvalue weighted by molar-refractivity contribution is 5.42. The molecule has 2 aromatic rings. The fourth-order valence-corrected chi connectivity index (χ4v) is 4.09. The Balaban J connectivity index is 1.42. The maximum absolute atomic E-state index is 6.18. The van der Waals surface area contributed by atoms with Crippen molar-refractivity contribution in [3.8, 4) is 5.75 Å². The highest BCUT2D eigenvalue weighted by atomic mass is 16.5. The van der Waals surface area contributed by atoms with Crippen LogP contribution in [0.4, 0.5) is 0 Å². The molecule has 1 fully saturated rings. The van der Waals surface area contributed by atoms with E-state index in [2.05, 4.69) is 60.4 Å². The molecule has 2 aliphatic rings. The van der Waals surface area contributed by atoms with Gasteiger partial charge in [-0.25, -0.2) is 0 Å². The van der Waals surface area contributed by atoms with Gasteiger partial charge in [0, 0.05) is 12.0 Å². The molecule has 0 N–H and O–H groups in total. The Bertz CT molecular complexity index is 671. The standard InChI is InChI=1S/C21H25NO/c1-17-6-5-9-19-14-21(16-23-20(17)19)10-12-22(13-11-21)15-18-7-3-2-4-8-18/h2-9H,10-16H2,1H3. The van der Waals surface area contributed by atoms with Crippen LogP contribution in [-0.4, -0.2) is 24.6 Å². The van der Waals surface area contributed by atoms with E-state index >= 15 is 0 Å². The fourth-order valence-electron chi connectivity index (χ4n) is 4.09. The molecule has 0 saturated carbocycles. The third-order valence-electron chi connectivity index (χ3n) is 5.55. The smallest absolute Gasteiger partial charge is 0.125 e. The van der Waals surface area contributed by atoms with Crippen LogP contribution in [0.25, 0.3) is 0 Å². The predicted molar refractivity (Wildman–Crippen MR) is 93.8 cm³/mol. The van der Waals surface area contributed by atoms with Gasteiger partial charge >= 0.3 is 0 Å². The monoisotopic (exact) mass is 307 g/mol. The summed E-state index contributed by atoms with van der Waals surface area (Å²) in [7, 11) is 0. The normalized spacial score (nSPS) is 20.0. The molecule has 23 heavy (non-hydrogen) atoms. The molecule has 0 unspecified atom stereocenters. The third-order valence-corrected chi connectivity index (χ3v) is 5.55. The predicted octanol–water partition coefficient (Wildman–Crippen LogP) is 4.21. The molecular weight excluding hydrogens is 282 g/mol. The lowest BCUT2D eigenvalue weighted by Crippen LogP contribution is -2.45. The Morgan fingerprint density at radius 3 is 2.57 bits per heavy atom. The molecule has 1 saturated heterocycles. The average Bonchev–Trinajstić information content (AvgIpc) is 2.58. The first kappa shape index (κ1) is 14.8. The van der Waals surface area contributed by atoms with E-state index in [4.69, 9.17) is 4.74 Å². The highest BCUT2D eigenvalue weighted by Crippen LogP contribution is 2.42. The van der Waals surface area contributed by atoms with Crippen molar-refractivity contribution in [3.63, 3.8) is 0 Å². The summed E-state index contributed by atoms with van der Waals surface area (Å²) >= 11 is 0. The summed E-state index contributed by atoms with van der Waals surface area (Å²) < 4.78 is 6.18. The van der Waals surface area contributed by atoms with Crippen LogP contribution in [-0.2, 0) is 13.0 Å². The summed E-state index contributed by atoms with van der Waals surface area (Å²) in [6.07, 6.45) is 3.67. The molecule has 2 aliphatic heterocycles. The van der Waals surface area contributed by atoms with E-state index in [-0.39, 0.29) is 0 Å². The third kappa shape index (κ3) is 3.00. The quantitative estimate of drug-likeness (QED) is 0.824. The number of fused-ring (bicyclic) bond motifs is 1. The van der Waals surface area contributed by atoms with Gasteiger partial charge < -0.3 is 4.74 Å². The van der Waals surface area contributed by atoms with Crippen LogP contribution in [0.15, 0.2) is 48.5 Å². The number of nitrogens with zero attached hydrogens (tertiary/aromatic N) is 1. The summed E-state index contributed by atoms with van der Waals surface area (Å²) in [4.78, 5) is 2.59. The Labute approximate surface area is 139 Å². The van der Waals surface area contributed by atoms with Crippen molar-refractivity contribution in [2.75, 3.05) is 19.7 Å². The van der Waals surface area contributed by atoms with E-state index in [0.29, 0.717) is 5.41 Å². The molecule has 0 radical (unpaired) electrons. The minimum atomic E-state index is 0.355. The van der Waals surface area contributed by atoms with Crippen molar-refractivity contribution in [1.29, 1.82) is 0 Å². The number of ether oxygens (including phenoxy) is 1. The zero-order valence-corrected chi connectivity index (χ0v) is 13.9. The van der Waals surface area contributed by atoms with Gasteiger partial charge in [-0.15, -0.1) is 0 Å². The molecular formula is C21H25NO. The van der Waals surface area contributed by atoms with Gasteiger partial charge in [-0.2, -0.15) is 0 Å². The van der Waals surface area contributed by atoms with Crippen molar-refractivity contribution in [2.24, 2.45) is 5.41 Å². The van der Waals surface area contributed by atoms with Gasteiger partial charge in [-0.1, -0.05) is 48.5 Å².